The van der Waals surface area contributed by atoms with Crippen molar-refractivity contribution in [2.45, 2.75) is 13.8 Å². The van der Waals surface area contributed by atoms with E-state index < -0.39 is 21.8 Å². The zero-order valence-electron chi connectivity index (χ0n) is 18.1. The molecule has 2 aliphatic rings. The van der Waals surface area contributed by atoms with Gasteiger partial charge >= 0.3 is 0 Å². The normalized spacial score (nSPS) is 17.8. The van der Waals surface area contributed by atoms with Gasteiger partial charge in [-0.25, -0.2) is 8.42 Å². The Labute approximate surface area is 187 Å². The number of H-pyrrole nitrogens is 1. The summed E-state index contributed by atoms with van der Waals surface area (Å²) in [7, 11) is -3.64. The van der Waals surface area contributed by atoms with E-state index in [1.165, 1.54) is 4.31 Å². The summed E-state index contributed by atoms with van der Waals surface area (Å²) in [6.07, 6.45) is 0. The lowest BCUT2D eigenvalue weighted by molar-refractivity contribution is 0.0663. The van der Waals surface area contributed by atoms with Crippen LogP contribution in [0.1, 0.15) is 42.5 Å². The first kappa shape index (κ1) is 22.4. The molecule has 0 radical (unpaired) electrons. The number of sulfonamides is 1. The van der Waals surface area contributed by atoms with E-state index in [9.17, 15) is 22.8 Å². The average molecular weight is 459 g/mol. The molecule has 1 N–H and O–H groups in total. The maximum absolute atomic E-state index is 12.8. The number of Topliss-reactive ketones (excluding diaryl/α,β-unsaturated/α-hetero) is 1. The zero-order valence-corrected chi connectivity index (χ0v) is 18.9. The molecule has 1 fully saturated rings. The average Bonchev–Trinajstić information content (AvgIpc) is 3.23. The first-order valence-electron chi connectivity index (χ1n) is 10.5. The summed E-state index contributed by atoms with van der Waals surface area (Å²) in [4.78, 5) is 43.5. The molecule has 0 unspecified atom stereocenters. The number of rotatable bonds is 7. The van der Waals surface area contributed by atoms with Crippen molar-refractivity contribution in [3.05, 3.63) is 58.4 Å². The van der Waals surface area contributed by atoms with Gasteiger partial charge in [0.1, 0.15) is 0 Å². The summed E-state index contributed by atoms with van der Waals surface area (Å²) in [6, 6.07) is 8.32. The monoisotopic (exact) mass is 458 g/mol. The predicted octanol–water partition coefficient (Wildman–Crippen LogP) is 1.06. The minimum atomic E-state index is -3.64. The Morgan fingerprint density at radius 3 is 2.12 bits per heavy atom. The van der Waals surface area contributed by atoms with Crippen LogP contribution < -0.4 is 0 Å². The Hall–Kier alpha value is -2.82. The quantitative estimate of drug-likeness (QED) is 0.491. The molecule has 170 valence electrons. The second-order valence-electron chi connectivity index (χ2n) is 8.21. The fraction of sp³-hybridized carbons (Fsp3) is 0.409. The van der Waals surface area contributed by atoms with Crippen molar-refractivity contribution in [1.82, 2.24) is 19.1 Å². The smallest absolute Gasteiger partial charge is 0.261 e. The molecule has 1 saturated heterocycles. The number of aromatic amines is 1. The molecule has 0 atom stereocenters. The minimum absolute atomic E-state index is 0.00813. The summed E-state index contributed by atoms with van der Waals surface area (Å²) < 4.78 is 27.0. The number of hydrogen-bond donors (Lipinski definition) is 1. The van der Waals surface area contributed by atoms with Crippen LogP contribution in [0.5, 0.6) is 0 Å². The van der Waals surface area contributed by atoms with Crippen LogP contribution in [0, 0.1) is 13.8 Å². The fourth-order valence-electron chi connectivity index (χ4n) is 4.25. The highest BCUT2D eigenvalue weighted by atomic mass is 32.2. The first-order chi connectivity index (χ1) is 15.2. The third-order valence-electron chi connectivity index (χ3n) is 5.99. The number of benzene rings is 1. The SMILES string of the molecule is Cc1cc(C(=O)CN2CCN(S(=O)(=O)CCN3C(=O)c4ccccc4C3=O)CC2)c(C)[nH]1. The first-order valence-corrected chi connectivity index (χ1v) is 12.1. The van der Waals surface area contributed by atoms with Gasteiger partial charge in [-0.3, -0.25) is 24.2 Å². The molecule has 9 nitrogen and oxygen atoms in total. The highest BCUT2D eigenvalue weighted by molar-refractivity contribution is 7.89. The Morgan fingerprint density at radius 2 is 1.59 bits per heavy atom. The van der Waals surface area contributed by atoms with Crippen LogP contribution in [0.15, 0.2) is 30.3 Å². The molecule has 1 aromatic heterocycles. The molecule has 0 spiro atoms. The molecule has 0 saturated carbocycles. The number of nitrogens with zero attached hydrogens (tertiary/aromatic N) is 3. The third kappa shape index (κ3) is 4.25. The summed E-state index contributed by atoms with van der Waals surface area (Å²) in [6.45, 7) is 5.24. The van der Waals surface area contributed by atoms with Gasteiger partial charge in [0.15, 0.2) is 5.78 Å². The van der Waals surface area contributed by atoms with E-state index in [4.69, 9.17) is 0 Å². The number of hydrogen-bond acceptors (Lipinski definition) is 6. The van der Waals surface area contributed by atoms with Crippen LogP contribution in [0.4, 0.5) is 0 Å². The van der Waals surface area contributed by atoms with Gasteiger partial charge in [0.05, 0.1) is 23.4 Å². The van der Waals surface area contributed by atoms with E-state index in [1.54, 1.807) is 24.3 Å². The molecule has 0 aliphatic carbocycles. The molecule has 4 rings (SSSR count). The molecular formula is C22H26N4O5S. The van der Waals surface area contributed by atoms with E-state index in [2.05, 4.69) is 4.98 Å². The largest absolute Gasteiger partial charge is 0.362 e. The van der Waals surface area contributed by atoms with Crippen molar-refractivity contribution in [3.63, 3.8) is 0 Å². The Kier molecular flexibility index (Phi) is 6.02. The molecule has 32 heavy (non-hydrogen) atoms. The second-order valence-corrected chi connectivity index (χ2v) is 10.3. The van der Waals surface area contributed by atoms with E-state index in [0.29, 0.717) is 29.8 Å². The number of amides is 2. The number of piperazine rings is 1. The topological polar surface area (TPSA) is 111 Å². The minimum Gasteiger partial charge on any atom is -0.362 e. The number of aromatic nitrogens is 1. The maximum Gasteiger partial charge on any atom is 0.261 e. The maximum atomic E-state index is 12.8. The van der Waals surface area contributed by atoms with Gasteiger partial charge in [0.25, 0.3) is 11.8 Å². The Morgan fingerprint density at radius 1 is 1.00 bits per heavy atom. The van der Waals surface area contributed by atoms with Gasteiger partial charge in [0.2, 0.25) is 10.0 Å². The Bertz CT molecular complexity index is 1140. The highest BCUT2D eigenvalue weighted by Gasteiger charge is 2.36. The van der Waals surface area contributed by atoms with Gasteiger partial charge in [-0.05, 0) is 32.0 Å². The van der Waals surface area contributed by atoms with Gasteiger partial charge in [-0.15, -0.1) is 0 Å². The van der Waals surface area contributed by atoms with Crippen LogP contribution in [-0.2, 0) is 10.0 Å². The molecule has 1 aromatic carbocycles. The predicted molar refractivity (Wildman–Crippen MR) is 118 cm³/mol. The lowest BCUT2D eigenvalue weighted by atomic mass is 10.1. The van der Waals surface area contributed by atoms with Crippen LogP contribution in [0.2, 0.25) is 0 Å². The number of imide groups is 1. The number of nitrogens with one attached hydrogen (secondary N) is 1. The molecular weight excluding hydrogens is 432 g/mol. The van der Waals surface area contributed by atoms with Crippen molar-refractivity contribution < 1.29 is 22.8 Å². The number of carbonyl (C=O) groups is 3. The summed E-state index contributed by atoms with van der Waals surface area (Å²) in [5, 5.41) is 0. The van der Waals surface area contributed by atoms with Crippen molar-refractivity contribution in [2.24, 2.45) is 0 Å². The fourth-order valence-corrected chi connectivity index (χ4v) is 5.64. The van der Waals surface area contributed by atoms with Crippen LogP contribution in [-0.4, -0.2) is 90.1 Å². The van der Waals surface area contributed by atoms with Crippen LogP contribution in [0.3, 0.4) is 0 Å². The van der Waals surface area contributed by atoms with Crippen LogP contribution in [0.25, 0.3) is 0 Å². The lowest BCUT2D eigenvalue weighted by Gasteiger charge is -2.33. The lowest BCUT2D eigenvalue weighted by Crippen LogP contribution is -2.51. The van der Waals surface area contributed by atoms with Gasteiger partial charge in [-0.2, -0.15) is 4.31 Å². The standard InChI is InChI=1S/C22H26N4O5S/c1-15-13-19(16(2)23-15)20(27)14-24-7-9-25(10-8-24)32(30,31)12-11-26-21(28)17-5-3-4-6-18(17)22(26)29/h3-6,13,23H,7-12,14H2,1-2H3. The third-order valence-corrected chi connectivity index (χ3v) is 7.84. The van der Waals surface area contributed by atoms with Crippen molar-refractivity contribution in [2.75, 3.05) is 45.0 Å². The summed E-state index contributed by atoms with van der Waals surface area (Å²) in [5.74, 6) is -1.23. The number of fused-ring (bicyclic) bond motifs is 1. The number of ketones is 1. The molecule has 10 heteroatoms. The summed E-state index contributed by atoms with van der Waals surface area (Å²) >= 11 is 0. The molecule has 2 aliphatic heterocycles. The Balaban J connectivity index is 1.31. The molecule has 2 amide bonds. The van der Waals surface area contributed by atoms with E-state index in [-0.39, 0.29) is 37.7 Å². The molecule has 0 bridgehead atoms. The van der Waals surface area contributed by atoms with Gasteiger partial charge in [-0.1, -0.05) is 12.1 Å². The van der Waals surface area contributed by atoms with Crippen molar-refractivity contribution in [3.8, 4) is 0 Å². The van der Waals surface area contributed by atoms with Crippen molar-refractivity contribution >= 4 is 27.6 Å². The number of carbonyl (C=O) groups excluding carboxylic acids is 3. The number of aryl methyl sites for hydroxylation is 2. The van der Waals surface area contributed by atoms with E-state index in [1.807, 2.05) is 24.8 Å². The second kappa shape index (κ2) is 8.61. The molecule has 3 heterocycles. The van der Waals surface area contributed by atoms with Crippen LogP contribution >= 0.6 is 0 Å². The molecule has 2 aromatic rings. The van der Waals surface area contributed by atoms with E-state index in [0.717, 1.165) is 16.3 Å². The zero-order chi connectivity index (χ0) is 23.0. The van der Waals surface area contributed by atoms with Gasteiger partial charge in [0, 0.05) is 49.7 Å². The summed E-state index contributed by atoms with van der Waals surface area (Å²) in [5.41, 5.74) is 3.04. The highest BCUT2D eigenvalue weighted by Crippen LogP contribution is 2.22. The van der Waals surface area contributed by atoms with E-state index >= 15 is 0 Å². The van der Waals surface area contributed by atoms with Crippen molar-refractivity contribution in [1.29, 1.82) is 0 Å². The van der Waals surface area contributed by atoms with Gasteiger partial charge < -0.3 is 4.98 Å².